The quantitative estimate of drug-likeness (QED) is 0.208. The number of thioether (sulfide) groups is 1. The van der Waals surface area contributed by atoms with E-state index in [1.165, 1.54) is 41.3 Å². The number of carbonyl (C=O) groups excluding carboxylic acids is 3. The fraction of sp³-hybridized carbons (Fsp3) is 0.391. The molecule has 3 aliphatic rings. The summed E-state index contributed by atoms with van der Waals surface area (Å²) < 4.78 is 1.96. The molecule has 0 bridgehead atoms. The molecule has 11 nitrogen and oxygen atoms in total. The highest BCUT2D eigenvalue weighted by atomic mass is 32.2. The lowest BCUT2D eigenvalue weighted by molar-refractivity contribution is -0.689. The first-order valence-electron chi connectivity index (χ1n) is 11.4. The zero-order valence-corrected chi connectivity index (χ0v) is 21.1. The molecule has 1 fully saturated rings. The van der Waals surface area contributed by atoms with Crippen molar-refractivity contribution >= 4 is 51.7 Å². The van der Waals surface area contributed by atoms with Gasteiger partial charge in [-0.25, -0.2) is 9.55 Å². The Balaban J connectivity index is 1.34. The predicted octanol–water partition coefficient (Wildman–Crippen LogP) is -0.654. The summed E-state index contributed by atoms with van der Waals surface area (Å²) in [6.07, 6.45) is 8.40. The molecule has 188 valence electrons. The van der Waals surface area contributed by atoms with Gasteiger partial charge in [0, 0.05) is 28.3 Å². The van der Waals surface area contributed by atoms with Crippen LogP contribution in [0, 0.1) is 0 Å². The number of aryl methyl sites for hydroxylation is 2. The predicted molar refractivity (Wildman–Crippen MR) is 130 cm³/mol. The number of carboxylic acids is 1. The first kappa shape index (κ1) is 24.3. The van der Waals surface area contributed by atoms with Gasteiger partial charge in [-0.05, 0) is 31.2 Å². The maximum atomic E-state index is 13.0. The third kappa shape index (κ3) is 4.44. The summed E-state index contributed by atoms with van der Waals surface area (Å²) in [5.41, 5.74) is 8.82. The number of nitrogens with two attached hydrogens (primary N) is 1. The van der Waals surface area contributed by atoms with E-state index in [9.17, 15) is 19.5 Å². The zero-order valence-electron chi connectivity index (χ0n) is 19.4. The Morgan fingerprint density at radius 3 is 2.83 bits per heavy atom. The summed E-state index contributed by atoms with van der Waals surface area (Å²) in [7, 11) is 1.29. The van der Waals surface area contributed by atoms with Crippen LogP contribution in [0.4, 0.5) is 5.13 Å². The number of nitrogens with zero attached hydrogens (tertiary/aromatic N) is 4. The molecule has 2 aromatic rings. The van der Waals surface area contributed by atoms with E-state index in [0.717, 1.165) is 30.6 Å². The van der Waals surface area contributed by atoms with Crippen LogP contribution in [0.2, 0.25) is 0 Å². The summed E-state index contributed by atoms with van der Waals surface area (Å²) in [6, 6.07) is 1.16. The first-order chi connectivity index (χ1) is 17.4. The van der Waals surface area contributed by atoms with Crippen molar-refractivity contribution in [2.24, 2.45) is 5.16 Å². The lowest BCUT2D eigenvalue weighted by Crippen LogP contribution is -2.71. The summed E-state index contributed by atoms with van der Waals surface area (Å²) in [5, 5.41) is 19.7. The Morgan fingerprint density at radius 2 is 2.14 bits per heavy atom. The van der Waals surface area contributed by atoms with Crippen LogP contribution in [0.5, 0.6) is 0 Å². The number of thiazole rings is 1. The minimum Gasteiger partial charge on any atom is -0.543 e. The minimum absolute atomic E-state index is 0.127. The molecule has 2 atom stereocenters. The molecule has 1 aliphatic carbocycles. The van der Waals surface area contributed by atoms with E-state index in [4.69, 9.17) is 10.6 Å². The van der Waals surface area contributed by atoms with Gasteiger partial charge in [0.1, 0.15) is 24.2 Å². The maximum Gasteiger partial charge on any atom is 0.276 e. The van der Waals surface area contributed by atoms with Gasteiger partial charge in [-0.15, -0.1) is 23.1 Å². The lowest BCUT2D eigenvalue weighted by Gasteiger charge is -2.50. The van der Waals surface area contributed by atoms with E-state index in [-0.39, 0.29) is 22.2 Å². The van der Waals surface area contributed by atoms with Crippen LogP contribution in [-0.4, -0.2) is 57.7 Å². The average Bonchev–Trinajstić information content (AvgIpc) is 3.30. The molecular formula is C23H24N6O5S2. The third-order valence-electron chi connectivity index (χ3n) is 6.41. The fourth-order valence-electron chi connectivity index (χ4n) is 4.73. The van der Waals surface area contributed by atoms with Crippen LogP contribution in [-0.2, 0) is 38.6 Å². The van der Waals surface area contributed by atoms with E-state index < -0.39 is 29.2 Å². The molecule has 0 radical (unpaired) electrons. The molecule has 0 saturated carbocycles. The Labute approximate surface area is 215 Å². The molecule has 13 heteroatoms. The van der Waals surface area contributed by atoms with E-state index in [0.29, 0.717) is 17.9 Å². The number of aliphatic carboxylic acids is 1. The van der Waals surface area contributed by atoms with Crippen LogP contribution in [0.3, 0.4) is 0 Å². The molecule has 0 aromatic carbocycles. The minimum atomic E-state index is -1.41. The fourth-order valence-corrected chi connectivity index (χ4v) is 6.62. The van der Waals surface area contributed by atoms with Crippen LogP contribution in [0.25, 0.3) is 0 Å². The number of fused-ring (bicyclic) bond motifs is 2. The number of hydrogen-bond acceptors (Lipinski definition) is 10. The van der Waals surface area contributed by atoms with Crippen molar-refractivity contribution in [1.29, 1.82) is 0 Å². The Morgan fingerprint density at radius 1 is 1.36 bits per heavy atom. The molecule has 0 unspecified atom stereocenters. The summed E-state index contributed by atoms with van der Waals surface area (Å²) >= 11 is 2.53. The number of carboxylic acid groups (broad SMARTS) is 1. The highest BCUT2D eigenvalue weighted by molar-refractivity contribution is 8.00. The van der Waals surface area contributed by atoms with Gasteiger partial charge in [0.2, 0.25) is 0 Å². The smallest absolute Gasteiger partial charge is 0.276 e. The standard InChI is InChI=1S/C23H24N6O5S2/c1-34-27-16(15-11-36-23(24)25-15)19(30)26-17-20(31)29-18(22(32)33)14(10-35-21(17)29)9-28-7-6-12-4-2-3-5-13(12)8-28/h6-8,11,17,21H,2-5,9-10H2,1H3,(H3-,24,25,26,30,32,33)/b27-16-/t17-,21-/m1/s1. The van der Waals surface area contributed by atoms with Gasteiger partial charge in [0.15, 0.2) is 29.8 Å². The molecule has 0 spiro atoms. The number of carbonyl (C=O) groups is 3. The van der Waals surface area contributed by atoms with Crippen LogP contribution >= 0.6 is 23.1 Å². The van der Waals surface area contributed by atoms with Crippen molar-refractivity contribution in [2.45, 2.75) is 43.6 Å². The summed E-state index contributed by atoms with van der Waals surface area (Å²) in [6.45, 7) is 0.340. The van der Waals surface area contributed by atoms with Gasteiger partial charge < -0.3 is 25.8 Å². The Hall–Kier alpha value is -3.45. The lowest BCUT2D eigenvalue weighted by atomic mass is 9.93. The highest BCUT2D eigenvalue weighted by Gasteiger charge is 2.53. The van der Waals surface area contributed by atoms with Crippen molar-refractivity contribution in [3.8, 4) is 0 Å². The van der Waals surface area contributed by atoms with Crippen molar-refractivity contribution in [1.82, 2.24) is 15.2 Å². The second kappa shape index (κ2) is 9.90. The molecular weight excluding hydrogens is 504 g/mol. The monoisotopic (exact) mass is 528 g/mol. The van der Waals surface area contributed by atoms with Gasteiger partial charge in [0.25, 0.3) is 11.8 Å². The van der Waals surface area contributed by atoms with Crippen LogP contribution in [0.1, 0.15) is 29.7 Å². The number of rotatable bonds is 7. The maximum absolute atomic E-state index is 13.0. The number of anilines is 1. The number of nitrogen functional groups attached to an aromatic ring is 1. The summed E-state index contributed by atoms with van der Waals surface area (Å²) in [4.78, 5) is 48.0. The molecule has 2 amide bonds. The van der Waals surface area contributed by atoms with Crippen molar-refractivity contribution in [3.63, 3.8) is 0 Å². The number of amides is 2. The van der Waals surface area contributed by atoms with Crippen molar-refractivity contribution in [2.75, 3.05) is 18.6 Å². The van der Waals surface area contributed by atoms with Gasteiger partial charge in [-0.3, -0.25) is 14.5 Å². The topological polar surface area (TPSA) is 154 Å². The van der Waals surface area contributed by atoms with Crippen molar-refractivity contribution < 1.29 is 28.9 Å². The largest absolute Gasteiger partial charge is 0.543 e. The Kier molecular flexibility index (Phi) is 6.67. The second-order valence-corrected chi connectivity index (χ2v) is 10.7. The molecule has 5 rings (SSSR count). The number of pyridine rings is 1. The number of nitrogens with one attached hydrogen (secondary N) is 1. The molecule has 1 saturated heterocycles. The summed E-state index contributed by atoms with van der Waals surface area (Å²) in [5.74, 6) is -2.22. The molecule has 4 heterocycles. The number of aromatic nitrogens is 2. The van der Waals surface area contributed by atoms with E-state index >= 15 is 0 Å². The molecule has 3 N–H and O–H groups in total. The zero-order chi connectivity index (χ0) is 25.4. The Bertz CT molecular complexity index is 1310. The highest BCUT2D eigenvalue weighted by Crippen LogP contribution is 2.40. The molecule has 36 heavy (non-hydrogen) atoms. The van der Waals surface area contributed by atoms with E-state index in [2.05, 4.69) is 27.7 Å². The van der Waals surface area contributed by atoms with Crippen molar-refractivity contribution in [3.05, 3.63) is 51.9 Å². The first-order valence-corrected chi connectivity index (χ1v) is 13.3. The van der Waals surface area contributed by atoms with Gasteiger partial charge in [-0.2, -0.15) is 0 Å². The van der Waals surface area contributed by atoms with Crippen LogP contribution < -0.4 is 20.7 Å². The molecule has 2 aromatic heterocycles. The molecule has 2 aliphatic heterocycles. The van der Waals surface area contributed by atoms with Gasteiger partial charge in [-0.1, -0.05) is 5.16 Å². The van der Waals surface area contributed by atoms with Gasteiger partial charge >= 0.3 is 0 Å². The SMILES string of the molecule is CO/N=C(\C(=O)N[C@@H]1C(=O)N2C(C(=O)[O-])=C(C[n+]3ccc4c(c3)CCCC4)CS[C@H]12)c1csc(N)n1. The van der Waals surface area contributed by atoms with Gasteiger partial charge in [0.05, 0.1) is 11.7 Å². The number of hydrogen-bond donors (Lipinski definition) is 2. The second-order valence-electron chi connectivity index (χ2n) is 8.67. The van der Waals surface area contributed by atoms with E-state index in [1.807, 2.05) is 10.8 Å². The number of β-lactam (4-membered cyclic amide) rings is 1. The average molecular weight is 529 g/mol. The van der Waals surface area contributed by atoms with E-state index in [1.54, 1.807) is 5.38 Å². The normalized spacial score (nSPS) is 21.4. The number of oxime groups is 1. The third-order valence-corrected chi connectivity index (χ3v) is 8.42. The van der Waals surface area contributed by atoms with Crippen LogP contribution in [0.15, 0.2) is 40.3 Å².